The lowest BCUT2D eigenvalue weighted by Crippen LogP contribution is -2.36. The molecular weight excluding hydrogens is 226 g/mol. The number of carbonyl (C=O) groups is 1. The van der Waals surface area contributed by atoms with Crippen molar-refractivity contribution in [3.63, 3.8) is 0 Å². The Balaban J connectivity index is 1.82. The van der Waals surface area contributed by atoms with E-state index in [9.17, 15) is 4.79 Å². The fourth-order valence-corrected chi connectivity index (χ4v) is 3.19. The Hall–Kier alpha value is -0.730. The molecule has 0 atom stereocenters. The quantitative estimate of drug-likeness (QED) is 0.703. The molecule has 3 nitrogen and oxygen atoms in total. The molecule has 3 heteroatoms. The largest absolute Gasteiger partial charge is 0.448 e. The van der Waals surface area contributed by atoms with Crippen molar-refractivity contribution in [3.05, 3.63) is 0 Å². The summed E-state index contributed by atoms with van der Waals surface area (Å²) in [7, 11) is 0. The van der Waals surface area contributed by atoms with Gasteiger partial charge in [-0.3, -0.25) is 0 Å². The zero-order valence-electron chi connectivity index (χ0n) is 11.5. The lowest BCUT2D eigenvalue weighted by atomic mass is 9.97. The molecule has 0 aromatic carbocycles. The average Bonchev–Trinajstić information content (AvgIpc) is 2.76. The van der Waals surface area contributed by atoms with Crippen LogP contribution in [-0.2, 0) is 4.74 Å². The predicted molar refractivity (Wildman–Crippen MR) is 72.6 cm³/mol. The van der Waals surface area contributed by atoms with Gasteiger partial charge >= 0.3 is 6.09 Å². The van der Waals surface area contributed by atoms with E-state index in [0.717, 1.165) is 6.54 Å². The van der Waals surface area contributed by atoms with Gasteiger partial charge in [0.15, 0.2) is 0 Å². The Bertz CT molecular complexity index is 243. The van der Waals surface area contributed by atoms with Crippen molar-refractivity contribution in [2.45, 2.75) is 76.7 Å². The molecule has 2 aliphatic rings. The van der Waals surface area contributed by atoms with Gasteiger partial charge in [-0.1, -0.05) is 57.8 Å². The highest BCUT2D eigenvalue weighted by Gasteiger charge is 2.28. The highest BCUT2D eigenvalue weighted by molar-refractivity contribution is 5.69. The van der Waals surface area contributed by atoms with E-state index in [2.05, 4.69) is 0 Å². The minimum Gasteiger partial charge on any atom is -0.448 e. The van der Waals surface area contributed by atoms with Gasteiger partial charge in [-0.2, -0.15) is 0 Å². The third kappa shape index (κ3) is 4.18. The Morgan fingerprint density at radius 2 is 1.33 bits per heavy atom. The van der Waals surface area contributed by atoms with E-state index in [1.54, 1.807) is 0 Å². The molecule has 2 rings (SSSR count). The molecule has 0 aromatic heterocycles. The number of ether oxygens (including phenoxy) is 1. The Morgan fingerprint density at radius 3 is 1.78 bits per heavy atom. The SMILES string of the molecule is O=C1OCCN1C1CCCCCCCCCCC1. The number of nitrogens with zero attached hydrogens (tertiary/aromatic N) is 1. The molecule has 1 saturated carbocycles. The summed E-state index contributed by atoms with van der Waals surface area (Å²) in [4.78, 5) is 13.6. The van der Waals surface area contributed by atoms with Gasteiger partial charge < -0.3 is 9.64 Å². The number of amides is 1. The number of hydrogen-bond donors (Lipinski definition) is 0. The highest BCUT2D eigenvalue weighted by atomic mass is 16.6. The van der Waals surface area contributed by atoms with Crippen molar-refractivity contribution >= 4 is 6.09 Å². The molecular formula is C15H27NO2. The molecule has 0 N–H and O–H groups in total. The van der Waals surface area contributed by atoms with Crippen molar-refractivity contribution < 1.29 is 9.53 Å². The summed E-state index contributed by atoms with van der Waals surface area (Å²) < 4.78 is 5.08. The van der Waals surface area contributed by atoms with Gasteiger partial charge in [-0.15, -0.1) is 0 Å². The van der Waals surface area contributed by atoms with E-state index in [1.165, 1.54) is 70.6 Å². The van der Waals surface area contributed by atoms with Crippen LogP contribution in [-0.4, -0.2) is 30.2 Å². The van der Waals surface area contributed by atoms with Gasteiger partial charge in [-0.25, -0.2) is 4.79 Å². The molecule has 0 spiro atoms. The van der Waals surface area contributed by atoms with E-state index < -0.39 is 0 Å². The van der Waals surface area contributed by atoms with Crippen LogP contribution >= 0.6 is 0 Å². The summed E-state index contributed by atoms with van der Waals surface area (Å²) in [5.74, 6) is 0. The molecule has 104 valence electrons. The van der Waals surface area contributed by atoms with Gasteiger partial charge in [0.05, 0.1) is 6.54 Å². The molecule has 2 fully saturated rings. The Labute approximate surface area is 111 Å². The van der Waals surface area contributed by atoms with Crippen LogP contribution in [0.1, 0.15) is 70.6 Å². The molecule has 0 radical (unpaired) electrons. The van der Waals surface area contributed by atoms with E-state index >= 15 is 0 Å². The van der Waals surface area contributed by atoms with E-state index in [0.29, 0.717) is 12.6 Å². The number of rotatable bonds is 1. The standard InChI is InChI=1S/C15H27NO2/c17-15-16(12-13-18-15)14-10-8-6-4-2-1-3-5-7-9-11-14/h14H,1-13H2. The first kappa shape index (κ1) is 13.7. The molecule has 1 aliphatic heterocycles. The van der Waals surface area contributed by atoms with Crippen molar-refractivity contribution in [3.8, 4) is 0 Å². The number of cyclic esters (lactones) is 1. The lowest BCUT2D eigenvalue weighted by molar-refractivity contribution is 0.142. The van der Waals surface area contributed by atoms with Crippen LogP contribution in [0.15, 0.2) is 0 Å². The second-order valence-corrected chi connectivity index (χ2v) is 5.72. The Kier molecular flexibility index (Phi) is 5.82. The third-order valence-corrected chi connectivity index (χ3v) is 4.31. The summed E-state index contributed by atoms with van der Waals surface area (Å²) in [6.07, 6.45) is 14.4. The fraction of sp³-hybridized carbons (Fsp3) is 0.933. The van der Waals surface area contributed by atoms with Gasteiger partial charge in [0.25, 0.3) is 0 Å². The maximum Gasteiger partial charge on any atom is 0.410 e. The second-order valence-electron chi connectivity index (χ2n) is 5.72. The van der Waals surface area contributed by atoms with Crippen LogP contribution in [0, 0.1) is 0 Å². The minimum absolute atomic E-state index is 0.0768. The molecule has 18 heavy (non-hydrogen) atoms. The van der Waals surface area contributed by atoms with E-state index in [1.807, 2.05) is 4.90 Å². The number of hydrogen-bond acceptors (Lipinski definition) is 2. The molecule has 0 unspecified atom stereocenters. The molecule has 1 heterocycles. The molecule has 1 saturated heterocycles. The first-order chi connectivity index (χ1) is 8.88. The van der Waals surface area contributed by atoms with Gasteiger partial charge in [0.1, 0.15) is 6.61 Å². The third-order valence-electron chi connectivity index (χ3n) is 4.31. The summed E-state index contributed by atoms with van der Waals surface area (Å²) in [5.41, 5.74) is 0. The van der Waals surface area contributed by atoms with Crippen LogP contribution in [0.5, 0.6) is 0 Å². The van der Waals surface area contributed by atoms with E-state index in [-0.39, 0.29) is 6.09 Å². The topological polar surface area (TPSA) is 29.5 Å². The average molecular weight is 253 g/mol. The van der Waals surface area contributed by atoms with Crippen molar-refractivity contribution in [2.24, 2.45) is 0 Å². The zero-order chi connectivity index (χ0) is 12.6. The predicted octanol–water partition coefficient (Wildman–Crippen LogP) is 4.11. The fourth-order valence-electron chi connectivity index (χ4n) is 3.19. The first-order valence-electron chi connectivity index (χ1n) is 7.81. The van der Waals surface area contributed by atoms with Crippen LogP contribution < -0.4 is 0 Å². The molecule has 0 aromatic rings. The second kappa shape index (κ2) is 7.65. The van der Waals surface area contributed by atoms with Gasteiger partial charge in [-0.05, 0) is 12.8 Å². The molecule has 0 bridgehead atoms. The maximum atomic E-state index is 11.7. The smallest absolute Gasteiger partial charge is 0.410 e. The van der Waals surface area contributed by atoms with Crippen LogP contribution in [0.2, 0.25) is 0 Å². The molecule has 1 amide bonds. The van der Waals surface area contributed by atoms with Crippen molar-refractivity contribution in [1.82, 2.24) is 4.90 Å². The highest BCUT2D eigenvalue weighted by Crippen LogP contribution is 2.22. The van der Waals surface area contributed by atoms with Gasteiger partial charge in [0.2, 0.25) is 0 Å². The summed E-state index contributed by atoms with van der Waals surface area (Å²) in [5, 5.41) is 0. The normalized spacial score (nSPS) is 25.3. The summed E-state index contributed by atoms with van der Waals surface area (Å²) in [6, 6.07) is 0.444. The summed E-state index contributed by atoms with van der Waals surface area (Å²) in [6.45, 7) is 1.40. The maximum absolute atomic E-state index is 11.7. The van der Waals surface area contributed by atoms with Crippen molar-refractivity contribution in [2.75, 3.05) is 13.2 Å². The van der Waals surface area contributed by atoms with Gasteiger partial charge in [0, 0.05) is 6.04 Å². The van der Waals surface area contributed by atoms with Crippen LogP contribution in [0.25, 0.3) is 0 Å². The number of carbonyl (C=O) groups excluding carboxylic acids is 1. The van der Waals surface area contributed by atoms with Crippen LogP contribution in [0.4, 0.5) is 4.79 Å². The summed E-state index contributed by atoms with van der Waals surface area (Å²) >= 11 is 0. The lowest BCUT2D eigenvalue weighted by Gasteiger charge is -2.26. The van der Waals surface area contributed by atoms with Crippen LogP contribution in [0.3, 0.4) is 0 Å². The first-order valence-corrected chi connectivity index (χ1v) is 7.81. The minimum atomic E-state index is -0.0768. The Morgan fingerprint density at radius 1 is 0.833 bits per heavy atom. The zero-order valence-corrected chi connectivity index (χ0v) is 11.5. The van der Waals surface area contributed by atoms with Crippen molar-refractivity contribution in [1.29, 1.82) is 0 Å². The molecule has 1 aliphatic carbocycles. The monoisotopic (exact) mass is 253 g/mol. The van der Waals surface area contributed by atoms with E-state index in [4.69, 9.17) is 4.74 Å².